The summed E-state index contributed by atoms with van der Waals surface area (Å²) >= 11 is 0. The number of carbonyl (C=O) groups is 1. The molecule has 0 aliphatic carbocycles. The van der Waals surface area contributed by atoms with E-state index in [1.54, 1.807) is 60.9 Å². The van der Waals surface area contributed by atoms with Crippen LogP contribution in [-0.2, 0) is 16.6 Å². The monoisotopic (exact) mass is 536 g/mol. The standard InChI is InChI=1S/C27H32N6O4S/c1-27(2,14-15-33-18-29-23-16-19(26(35)31-28)12-13-24(23)33)30-17-25(34)21-10-6-7-11-22(21)32-38(36,37)20-8-4-3-5-9-20/h3-13,16,18,25,30,32,34H,14-15,17,28H2,1-2H3,(H,31,35). The number of fused-ring (bicyclic) bond motifs is 1. The number of amides is 1. The van der Waals surface area contributed by atoms with E-state index in [-0.39, 0.29) is 22.9 Å². The van der Waals surface area contributed by atoms with E-state index < -0.39 is 16.1 Å². The van der Waals surface area contributed by atoms with Gasteiger partial charge in [-0.1, -0.05) is 36.4 Å². The van der Waals surface area contributed by atoms with Gasteiger partial charge in [0.1, 0.15) is 0 Å². The Morgan fingerprint density at radius 2 is 1.79 bits per heavy atom. The summed E-state index contributed by atoms with van der Waals surface area (Å²) in [4.78, 5) is 16.3. The molecule has 10 nitrogen and oxygen atoms in total. The van der Waals surface area contributed by atoms with Crippen LogP contribution >= 0.6 is 0 Å². The smallest absolute Gasteiger partial charge is 0.265 e. The summed E-state index contributed by atoms with van der Waals surface area (Å²) in [7, 11) is -3.79. The first-order chi connectivity index (χ1) is 18.1. The number of nitrogens with two attached hydrogens (primary N) is 1. The number of hydrogen-bond acceptors (Lipinski definition) is 7. The molecule has 200 valence electrons. The van der Waals surface area contributed by atoms with Crippen LogP contribution in [-0.4, -0.2) is 41.1 Å². The van der Waals surface area contributed by atoms with Gasteiger partial charge in [-0.2, -0.15) is 0 Å². The zero-order valence-corrected chi connectivity index (χ0v) is 22.1. The molecule has 1 aromatic heterocycles. The molecule has 1 heterocycles. The molecule has 38 heavy (non-hydrogen) atoms. The Morgan fingerprint density at radius 3 is 2.53 bits per heavy atom. The molecule has 0 aliphatic rings. The van der Waals surface area contributed by atoms with Crippen molar-refractivity contribution in [1.29, 1.82) is 0 Å². The number of benzene rings is 3. The van der Waals surface area contributed by atoms with E-state index in [0.29, 0.717) is 28.9 Å². The average molecular weight is 537 g/mol. The van der Waals surface area contributed by atoms with E-state index in [4.69, 9.17) is 5.84 Å². The number of aromatic nitrogens is 2. The summed E-state index contributed by atoms with van der Waals surface area (Å²) in [5.41, 5.74) is 4.61. The lowest BCUT2D eigenvalue weighted by molar-refractivity contribution is 0.0953. The van der Waals surface area contributed by atoms with Crippen molar-refractivity contribution in [3.05, 3.63) is 90.3 Å². The molecule has 0 radical (unpaired) electrons. The van der Waals surface area contributed by atoms with Crippen molar-refractivity contribution in [2.75, 3.05) is 11.3 Å². The van der Waals surface area contributed by atoms with Gasteiger partial charge in [0, 0.05) is 29.8 Å². The quantitative estimate of drug-likeness (QED) is 0.112. The van der Waals surface area contributed by atoms with Crippen LogP contribution in [0.5, 0.6) is 0 Å². The number of aryl methyl sites for hydroxylation is 1. The number of rotatable bonds is 11. The van der Waals surface area contributed by atoms with Crippen LogP contribution in [0.1, 0.15) is 42.3 Å². The second kappa shape index (κ2) is 11.3. The van der Waals surface area contributed by atoms with Crippen molar-refractivity contribution < 1.29 is 18.3 Å². The van der Waals surface area contributed by atoms with Crippen molar-refractivity contribution in [1.82, 2.24) is 20.3 Å². The number of aliphatic hydroxyl groups is 1. The Balaban J connectivity index is 1.39. The molecule has 11 heteroatoms. The maximum absolute atomic E-state index is 12.8. The summed E-state index contributed by atoms with van der Waals surface area (Å²) in [5, 5.41) is 14.4. The number of nitrogens with one attached hydrogen (secondary N) is 3. The molecule has 4 rings (SSSR count). The molecule has 0 aliphatic heterocycles. The lowest BCUT2D eigenvalue weighted by Crippen LogP contribution is -2.42. The zero-order valence-electron chi connectivity index (χ0n) is 21.3. The van der Waals surface area contributed by atoms with E-state index in [2.05, 4.69) is 20.4 Å². The van der Waals surface area contributed by atoms with Crippen LogP contribution < -0.4 is 21.3 Å². The van der Waals surface area contributed by atoms with Gasteiger partial charge in [-0.25, -0.2) is 19.2 Å². The van der Waals surface area contributed by atoms with Gasteiger partial charge in [0.05, 0.1) is 34.0 Å². The van der Waals surface area contributed by atoms with Gasteiger partial charge in [-0.15, -0.1) is 0 Å². The molecule has 0 bridgehead atoms. The Morgan fingerprint density at radius 1 is 1.08 bits per heavy atom. The van der Waals surface area contributed by atoms with Crippen LogP contribution in [0, 0.1) is 0 Å². The number of imidazole rings is 1. The van der Waals surface area contributed by atoms with Gasteiger partial charge in [0.25, 0.3) is 15.9 Å². The highest BCUT2D eigenvalue weighted by molar-refractivity contribution is 7.92. The van der Waals surface area contributed by atoms with E-state index >= 15 is 0 Å². The van der Waals surface area contributed by atoms with Gasteiger partial charge in [0.2, 0.25) is 0 Å². The number of nitrogen functional groups attached to an aromatic ring is 1. The fraction of sp³-hybridized carbons (Fsp3) is 0.259. The molecule has 1 atom stereocenters. The van der Waals surface area contributed by atoms with E-state index in [1.165, 1.54) is 12.1 Å². The third-order valence-corrected chi connectivity index (χ3v) is 7.77. The van der Waals surface area contributed by atoms with Gasteiger partial charge in [-0.3, -0.25) is 14.9 Å². The van der Waals surface area contributed by atoms with Crippen molar-refractivity contribution >= 4 is 32.7 Å². The second-order valence-electron chi connectivity index (χ2n) is 9.65. The number of β-amino-alcohol motifs (C(OH)–C–C–N with tert-alkyl or cyclic N) is 1. The average Bonchev–Trinajstić information content (AvgIpc) is 3.33. The molecule has 0 fully saturated rings. The van der Waals surface area contributed by atoms with Crippen molar-refractivity contribution in [3.63, 3.8) is 0 Å². The van der Waals surface area contributed by atoms with Crippen molar-refractivity contribution in [3.8, 4) is 0 Å². The minimum absolute atomic E-state index is 0.148. The Kier molecular flexibility index (Phi) is 8.12. The zero-order chi connectivity index (χ0) is 27.3. The van der Waals surface area contributed by atoms with Gasteiger partial charge < -0.3 is 15.0 Å². The molecule has 6 N–H and O–H groups in total. The third kappa shape index (κ3) is 6.37. The first-order valence-corrected chi connectivity index (χ1v) is 13.6. The molecule has 3 aromatic carbocycles. The molecule has 1 unspecified atom stereocenters. The minimum atomic E-state index is -3.79. The summed E-state index contributed by atoms with van der Waals surface area (Å²) in [6.45, 7) is 4.95. The number of hydrogen-bond donors (Lipinski definition) is 5. The Hall–Kier alpha value is -3.77. The number of sulfonamides is 1. The van der Waals surface area contributed by atoms with Crippen molar-refractivity contribution in [2.24, 2.45) is 5.84 Å². The summed E-state index contributed by atoms with van der Waals surface area (Å²) in [5.74, 6) is 4.84. The van der Waals surface area contributed by atoms with E-state index in [9.17, 15) is 18.3 Å². The summed E-state index contributed by atoms with van der Waals surface area (Å²) < 4.78 is 30.2. The fourth-order valence-corrected chi connectivity index (χ4v) is 5.23. The van der Waals surface area contributed by atoms with Gasteiger partial charge >= 0.3 is 0 Å². The Bertz CT molecular complexity index is 1520. The van der Waals surface area contributed by atoms with Crippen molar-refractivity contribution in [2.45, 2.75) is 43.4 Å². The highest BCUT2D eigenvalue weighted by Gasteiger charge is 2.22. The molecule has 0 saturated carbocycles. The molecule has 4 aromatic rings. The first kappa shape index (κ1) is 27.3. The summed E-state index contributed by atoms with van der Waals surface area (Å²) in [6, 6.07) is 20.2. The topological polar surface area (TPSA) is 151 Å². The number of anilines is 1. The maximum Gasteiger partial charge on any atom is 0.265 e. The van der Waals surface area contributed by atoms with Gasteiger partial charge in [-0.05, 0) is 56.7 Å². The molecule has 0 spiro atoms. The van der Waals surface area contributed by atoms with Crippen LogP contribution in [0.3, 0.4) is 0 Å². The lowest BCUT2D eigenvalue weighted by Gasteiger charge is -2.28. The third-order valence-electron chi connectivity index (χ3n) is 6.38. The normalized spacial score (nSPS) is 12.8. The second-order valence-corrected chi connectivity index (χ2v) is 11.3. The molecular weight excluding hydrogens is 504 g/mol. The Labute approximate surface area is 221 Å². The predicted octanol–water partition coefficient (Wildman–Crippen LogP) is 2.93. The van der Waals surface area contributed by atoms with Crippen LogP contribution in [0.4, 0.5) is 5.69 Å². The molecule has 0 saturated heterocycles. The fourth-order valence-electron chi connectivity index (χ4n) is 4.12. The largest absolute Gasteiger partial charge is 0.387 e. The first-order valence-electron chi connectivity index (χ1n) is 12.2. The number of carbonyl (C=O) groups excluding carboxylic acids is 1. The highest BCUT2D eigenvalue weighted by Crippen LogP contribution is 2.26. The molecule has 1 amide bonds. The van der Waals surface area contributed by atoms with Gasteiger partial charge in [0.15, 0.2) is 0 Å². The highest BCUT2D eigenvalue weighted by atomic mass is 32.2. The number of hydrazine groups is 1. The number of nitrogens with zero attached hydrogens (tertiary/aromatic N) is 2. The van der Waals surface area contributed by atoms with Crippen LogP contribution in [0.25, 0.3) is 11.0 Å². The SMILES string of the molecule is CC(C)(CCn1cnc2cc(C(=O)NN)ccc21)NCC(O)c1ccccc1NS(=O)(=O)c1ccccc1. The number of aliphatic hydroxyl groups excluding tert-OH is 1. The maximum atomic E-state index is 12.8. The van der Waals surface area contributed by atoms with Crippen LogP contribution in [0.2, 0.25) is 0 Å². The predicted molar refractivity (Wildman–Crippen MR) is 147 cm³/mol. The lowest BCUT2D eigenvalue weighted by atomic mass is 9.99. The number of para-hydroxylation sites is 1. The van der Waals surface area contributed by atoms with E-state index in [0.717, 1.165) is 11.9 Å². The molecular formula is C27H32N6O4S. The van der Waals surface area contributed by atoms with Crippen LogP contribution in [0.15, 0.2) is 84.0 Å². The van der Waals surface area contributed by atoms with E-state index in [1.807, 2.05) is 24.5 Å². The summed E-state index contributed by atoms with van der Waals surface area (Å²) in [6.07, 6.45) is 1.51. The minimum Gasteiger partial charge on any atom is -0.387 e.